The van der Waals surface area contributed by atoms with Gasteiger partial charge in [-0.2, -0.15) is 0 Å². The normalized spacial score (nSPS) is 9.76. The summed E-state index contributed by atoms with van der Waals surface area (Å²) in [7, 11) is 1.31. The molecule has 0 fully saturated rings. The molecule has 1 aromatic rings. The van der Waals surface area contributed by atoms with Gasteiger partial charge in [-0.1, -0.05) is 18.2 Å². The van der Waals surface area contributed by atoms with Crippen LogP contribution in [0.15, 0.2) is 24.3 Å². The van der Waals surface area contributed by atoms with Crippen LogP contribution in [-0.2, 0) is 20.7 Å². The molecule has 0 aliphatic heterocycles. The summed E-state index contributed by atoms with van der Waals surface area (Å²) in [5.41, 5.74) is 0.613. The number of rotatable bonds is 5. The number of ether oxygens (including phenoxy) is 2. The average molecular weight is 257 g/mol. The Kier molecular flexibility index (Phi) is 5.49. The van der Waals surface area contributed by atoms with E-state index in [0.29, 0.717) is 11.3 Å². The molecule has 0 saturated carbocycles. The molecule has 1 aromatic carbocycles. The zero-order chi connectivity index (χ0) is 12.7. The Labute approximate surface area is 104 Å². The van der Waals surface area contributed by atoms with Crippen LogP contribution in [-0.4, -0.2) is 24.9 Å². The lowest BCUT2D eigenvalue weighted by Crippen LogP contribution is -2.11. The molecule has 0 amide bonds. The number of hydrogen-bond donors (Lipinski definition) is 0. The van der Waals surface area contributed by atoms with Gasteiger partial charge >= 0.3 is 11.9 Å². The second-order valence-electron chi connectivity index (χ2n) is 3.27. The third-order valence-corrected chi connectivity index (χ3v) is 2.25. The lowest BCUT2D eigenvalue weighted by Gasteiger charge is -2.08. The summed E-state index contributed by atoms with van der Waals surface area (Å²) in [5, 5.41) is 0. The molecule has 0 spiro atoms. The summed E-state index contributed by atoms with van der Waals surface area (Å²) in [5.74, 6) is -0.228. The molecular weight excluding hydrogens is 244 g/mol. The van der Waals surface area contributed by atoms with Gasteiger partial charge < -0.3 is 9.47 Å². The zero-order valence-corrected chi connectivity index (χ0v) is 10.2. The molecule has 0 unspecified atom stereocenters. The quantitative estimate of drug-likeness (QED) is 0.459. The minimum absolute atomic E-state index is 0.0703. The van der Waals surface area contributed by atoms with Crippen molar-refractivity contribution in [2.75, 3.05) is 13.0 Å². The topological polar surface area (TPSA) is 52.6 Å². The van der Waals surface area contributed by atoms with Crippen LogP contribution in [0, 0.1) is 0 Å². The smallest absolute Gasteiger partial charge is 0.312 e. The molecular formula is C12H13ClO4. The molecule has 0 bridgehead atoms. The molecule has 0 aromatic heterocycles. The van der Waals surface area contributed by atoms with E-state index in [1.165, 1.54) is 7.11 Å². The van der Waals surface area contributed by atoms with Gasteiger partial charge in [-0.15, -0.1) is 11.6 Å². The van der Waals surface area contributed by atoms with E-state index in [1.807, 2.05) is 0 Å². The Morgan fingerprint density at radius 1 is 1.24 bits per heavy atom. The van der Waals surface area contributed by atoms with E-state index in [9.17, 15) is 9.59 Å². The highest BCUT2D eigenvalue weighted by Gasteiger charge is 2.11. The summed E-state index contributed by atoms with van der Waals surface area (Å²) >= 11 is 5.43. The predicted molar refractivity (Wildman–Crippen MR) is 63.1 cm³/mol. The number of benzene rings is 1. The van der Waals surface area contributed by atoms with Crippen molar-refractivity contribution in [2.45, 2.75) is 12.8 Å². The molecule has 0 saturated heterocycles. The van der Waals surface area contributed by atoms with Crippen molar-refractivity contribution in [3.63, 3.8) is 0 Å². The lowest BCUT2D eigenvalue weighted by molar-refractivity contribution is -0.140. The summed E-state index contributed by atoms with van der Waals surface area (Å²) in [4.78, 5) is 22.5. The van der Waals surface area contributed by atoms with E-state index in [4.69, 9.17) is 16.3 Å². The van der Waals surface area contributed by atoms with Crippen molar-refractivity contribution in [3.05, 3.63) is 29.8 Å². The number of esters is 2. The van der Waals surface area contributed by atoms with Crippen LogP contribution in [0.1, 0.15) is 12.0 Å². The first-order valence-electron chi connectivity index (χ1n) is 5.08. The highest BCUT2D eigenvalue weighted by atomic mass is 35.5. The largest absolute Gasteiger partial charge is 0.469 e. The van der Waals surface area contributed by atoms with E-state index in [-0.39, 0.29) is 24.7 Å². The Morgan fingerprint density at radius 3 is 2.59 bits per heavy atom. The van der Waals surface area contributed by atoms with Gasteiger partial charge in [0.25, 0.3) is 0 Å². The van der Waals surface area contributed by atoms with E-state index in [0.717, 1.165) is 0 Å². The number of halogens is 1. The number of carbonyl (C=O) groups excluding carboxylic acids is 2. The third kappa shape index (κ3) is 4.44. The molecule has 0 heterocycles. The van der Waals surface area contributed by atoms with Crippen molar-refractivity contribution < 1.29 is 19.1 Å². The Bertz CT molecular complexity index is 403. The first-order valence-corrected chi connectivity index (χ1v) is 5.62. The molecule has 4 nitrogen and oxygen atoms in total. The average Bonchev–Trinajstić information content (AvgIpc) is 2.31. The lowest BCUT2D eigenvalue weighted by atomic mass is 10.1. The first kappa shape index (κ1) is 13.5. The minimum Gasteiger partial charge on any atom is -0.469 e. The Hall–Kier alpha value is -1.55. The van der Waals surface area contributed by atoms with Gasteiger partial charge in [-0.3, -0.25) is 9.59 Å². The van der Waals surface area contributed by atoms with Crippen molar-refractivity contribution >= 4 is 23.5 Å². The highest BCUT2D eigenvalue weighted by molar-refractivity contribution is 6.18. The van der Waals surface area contributed by atoms with Gasteiger partial charge in [0, 0.05) is 11.4 Å². The fourth-order valence-electron chi connectivity index (χ4n) is 1.23. The minimum atomic E-state index is -0.419. The molecule has 0 aliphatic carbocycles. The molecule has 0 radical (unpaired) electrons. The maximum absolute atomic E-state index is 11.3. The first-order chi connectivity index (χ1) is 8.17. The molecule has 5 heteroatoms. The Morgan fingerprint density at radius 2 is 1.94 bits per heavy atom. The van der Waals surface area contributed by atoms with Crippen LogP contribution in [0.25, 0.3) is 0 Å². The van der Waals surface area contributed by atoms with Gasteiger partial charge in [0.2, 0.25) is 0 Å². The van der Waals surface area contributed by atoms with Crippen LogP contribution >= 0.6 is 11.6 Å². The molecule has 0 atom stereocenters. The fraction of sp³-hybridized carbons (Fsp3) is 0.333. The van der Waals surface area contributed by atoms with E-state index in [1.54, 1.807) is 24.3 Å². The van der Waals surface area contributed by atoms with Gasteiger partial charge in [0.05, 0.1) is 20.0 Å². The van der Waals surface area contributed by atoms with Crippen LogP contribution < -0.4 is 4.74 Å². The molecule has 92 valence electrons. The predicted octanol–water partition coefficient (Wildman–Crippen LogP) is 1.94. The SMILES string of the molecule is COC(=O)Cc1ccccc1OC(=O)CCCl. The van der Waals surface area contributed by atoms with Gasteiger partial charge in [0.15, 0.2) is 0 Å². The van der Waals surface area contributed by atoms with Crippen molar-refractivity contribution in [1.29, 1.82) is 0 Å². The van der Waals surface area contributed by atoms with Crippen molar-refractivity contribution in [2.24, 2.45) is 0 Å². The van der Waals surface area contributed by atoms with Gasteiger partial charge in [0.1, 0.15) is 5.75 Å². The summed E-state index contributed by atoms with van der Waals surface area (Å²) in [6, 6.07) is 6.83. The molecule has 0 N–H and O–H groups in total. The van der Waals surface area contributed by atoms with E-state index < -0.39 is 5.97 Å². The summed E-state index contributed by atoms with van der Waals surface area (Å²) in [6.45, 7) is 0. The van der Waals surface area contributed by atoms with Crippen molar-refractivity contribution in [3.8, 4) is 5.75 Å². The zero-order valence-electron chi connectivity index (χ0n) is 9.44. The van der Waals surface area contributed by atoms with Crippen LogP contribution in [0.5, 0.6) is 5.75 Å². The van der Waals surface area contributed by atoms with E-state index >= 15 is 0 Å². The third-order valence-electron chi connectivity index (χ3n) is 2.06. The second-order valence-corrected chi connectivity index (χ2v) is 3.65. The summed E-state index contributed by atoms with van der Waals surface area (Å²) < 4.78 is 9.66. The number of carbonyl (C=O) groups is 2. The van der Waals surface area contributed by atoms with Crippen LogP contribution in [0.4, 0.5) is 0 Å². The number of hydrogen-bond acceptors (Lipinski definition) is 4. The van der Waals surface area contributed by atoms with E-state index in [2.05, 4.69) is 4.74 Å². The molecule has 17 heavy (non-hydrogen) atoms. The number of para-hydroxylation sites is 1. The maximum Gasteiger partial charge on any atom is 0.312 e. The standard InChI is InChI=1S/C12H13ClO4/c1-16-12(15)8-9-4-2-3-5-10(9)17-11(14)6-7-13/h2-5H,6-8H2,1H3. The monoisotopic (exact) mass is 256 g/mol. The van der Waals surface area contributed by atoms with Crippen LogP contribution in [0.2, 0.25) is 0 Å². The number of alkyl halides is 1. The van der Waals surface area contributed by atoms with Crippen LogP contribution in [0.3, 0.4) is 0 Å². The van der Waals surface area contributed by atoms with Crippen molar-refractivity contribution in [1.82, 2.24) is 0 Å². The van der Waals surface area contributed by atoms with Gasteiger partial charge in [-0.25, -0.2) is 0 Å². The summed E-state index contributed by atoms with van der Waals surface area (Å²) in [6.07, 6.45) is 0.203. The number of methoxy groups -OCH3 is 1. The fourth-order valence-corrected chi connectivity index (χ4v) is 1.38. The van der Waals surface area contributed by atoms with Gasteiger partial charge in [-0.05, 0) is 6.07 Å². The Balaban J connectivity index is 2.77. The highest BCUT2D eigenvalue weighted by Crippen LogP contribution is 2.19. The molecule has 0 aliphatic rings. The maximum atomic E-state index is 11.3. The molecule has 1 rings (SSSR count). The second kappa shape index (κ2) is 6.91.